The molecule has 1 aliphatic heterocycles. The molecule has 1 aliphatic carbocycles. The highest BCUT2D eigenvalue weighted by Crippen LogP contribution is 2.30. The number of rotatable bonds is 14. The van der Waals surface area contributed by atoms with Gasteiger partial charge in [0.05, 0.1) is 21.1 Å². The van der Waals surface area contributed by atoms with E-state index in [0.717, 1.165) is 67.0 Å². The second kappa shape index (κ2) is 16.2. The summed E-state index contributed by atoms with van der Waals surface area (Å²) in [6, 6.07) is 6.25. The smallest absolute Gasteiger partial charge is 0.224 e. The van der Waals surface area contributed by atoms with Crippen LogP contribution in [0.3, 0.4) is 0 Å². The Labute approximate surface area is 249 Å². The zero-order chi connectivity index (χ0) is 29.0. The van der Waals surface area contributed by atoms with Crippen molar-refractivity contribution < 1.29 is 14.4 Å². The Kier molecular flexibility index (Phi) is 12.4. The molecule has 8 heteroatoms. The molecule has 0 unspecified atom stereocenters. The largest absolute Gasteiger partial charge is 0.359 e. The molecule has 2 amide bonds. The summed E-state index contributed by atoms with van der Waals surface area (Å²) >= 11 is 1.61. The molecule has 4 rings (SSSR count). The third kappa shape index (κ3) is 9.74. The first-order chi connectivity index (χ1) is 19.9. The molecule has 224 valence electrons. The Morgan fingerprint density at radius 3 is 2.59 bits per heavy atom. The molecule has 0 radical (unpaired) electrons. The van der Waals surface area contributed by atoms with Gasteiger partial charge in [0.25, 0.3) is 0 Å². The van der Waals surface area contributed by atoms with Gasteiger partial charge in [0.1, 0.15) is 0 Å². The zero-order valence-electron chi connectivity index (χ0n) is 25.0. The molecule has 1 saturated heterocycles. The predicted molar refractivity (Wildman–Crippen MR) is 167 cm³/mol. The fourth-order valence-electron chi connectivity index (χ4n) is 6.24. The van der Waals surface area contributed by atoms with Gasteiger partial charge in [-0.2, -0.15) is 0 Å². The van der Waals surface area contributed by atoms with Crippen LogP contribution in [0.15, 0.2) is 30.4 Å². The van der Waals surface area contributed by atoms with Crippen molar-refractivity contribution in [2.45, 2.75) is 96.4 Å². The number of aromatic nitrogens is 1. The van der Waals surface area contributed by atoms with Crippen LogP contribution >= 0.6 is 11.3 Å². The van der Waals surface area contributed by atoms with Gasteiger partial charge in [-0.1, -0.05) is 44.7 Å². The van der Waals surface area contributed by atoms with Crippen molar-refractivity contribution in [3.63, 3.8) is 0 Å². The summed E-state index contributed by atoms with van der Waals surface area (Å²) in [5.41, 5.74) is 2.20. The fraction of sp³-hybridized carbons (Fsp3) is 0.636. The van der Waals surface area contributed by atoms with Gasteiger partial charge in [-0.3, -0.25) is 19.3 Å². The third-order valence-electron chi connectivity index (χ3n) is 8.77. The average Bonchev–Trinajstić information content (AvgIpc) is 3.41. The summed E-state index contributed by atoms with van der Waals surface area (Å²) in [6.45, 7) is 5.20. The average molecular weight is 581 g/mol. The molecule has 1 aromatic heterocycles. The molecule has 0 bridgehead atoms. The maximum atomic E-state index is 13.7. The van der Waals surface area contributed by atoms with Crippen molar-refractivity contribution in [1.82, 2.24) is 20.5 Å². The van der Waals surface area contributed by atoms with Crippen molar-refractivity contribution in [2.75, 3.05) is 26.7 Å². The second-order valence-corrected chi connectivity index (χ2v) is 12.9. The lowest BCUT2D eigenvalue weighted by molar-refractivity contribution is -0.131. The number of ketones is 1. The van der Waals surface area contributed by atoms with Crippen LogP contribution < -0.4 is 10.6 Å². The number of nitrogens with zero attached hydrogens (tertiary/aromatic N) is 2. The van der Waals surface area contributed by atoms with Gasteiger partial charge in [0, 0.05) is 38.9 Å². The van der Waals surface area contributed by atoms with Crippen molar-refractivity contribution in [2.24, 2.45) is 11.8 Å². The van der Waals surface area contributed by atoms with E-state index >= 15 is 0 Å². The number of hydrogen-bond acceptors (Lipinski definition) is 6. The van der Waals surface area contributed by atoms with E-state index in [1.54, 1.807) is 24.5 Å². The molecule has 2 aromatic rings. The molecule has 0 spiro atoms. The zero-order valence-corrected chi connectivity index (χ0v) is 25.8. The second-order valence-electron chi connectivity index (χ2n) is 11.8. The molecule has 1 aromatic carbocycles. The number of amides is 2. The van der Waals surface area contributed by atoms with Crippen LogP contribution in [-0.2, 0) is 27.2 Å². The van der Waals surface area contributed by atoms with Crippen LogP contribution in [0.25, 0.3) is 10.2 Å². The first-order valence-electron chi connectivity index (χ1n) is 15.8. The minimum atomic E-state index is -0.507. The number of benzene rings is 1. The Morgan fingerprint density at radius 1 is 1.10 bits per heavy atom. The van der Waals surface area contributed by atoms with Gasteiger partial charge in [0.15, 0.2) is 5.78 Å². The van der Waals surface area contributed by atoms with Crippen molar-refractivity contribution in [1.29, 1.82) is 0 Å². The number of carbonyl (C=O) groups excluding carboxylic acids is 3. The maximum absolute atomic E-state index is 13.7. The molecular weight excluding hydrogens is 532 g/mol. The van der Waals surface area contributed by atoms with E-state index < -0.39 is 5.92 Å². The molecule has 41 heavy (non-hydrogen) atoms. The lowest BCUT2D eigenvalue weighted by atomic mass is 9.81. The van der Waals surface area contributed by atoms with E-state index in [2.05, 4.69) is 34.6 Å². The minimum absolute atomic E-state index is 0.0584. The summed E-state index contributed by atoms with van der Waals surface area (Å²) in [6.07, 6.45) is 15.8. The summed E-state index contributed by atoms with van der Waals surface area (Å²) in [4.78, 5) is 46.1. The third-order valence-corrected chi connectivity index (χ3v) is 9.81. The Hall–Kier alpha value is -2.58. The summed E-state index contributed by atoms with van der Waals surface area (Å²) in [7, 11) is 1.61. The monoisotopic (exact) mass is 580 g/mol. The Bertz CT molecular complexity index is 1180. The van der Waals surface area contributed by atoms with E-state index in [9.17, 15) is 14.4 Å². The number of likely N-dealkylation sites (tertiary alicyclic amines) is 1. The number of fused-ring (bicyclic) bond motifs is 1. The maximum Gasteiger partial charge on any atom is 0.224 e. The number of nitrogens with one attached hydrogen (secondary N) is 2. The van der Waals surface area contributed by atoms with Crippen LogP contribution in [-0.4, -0.2) is 60.2 Å². The van der Waals surface area contributed by atoms with Gasteiger partial charge in [-0.05, 0) is 81.3 Å². The highest BCUT2D eigenvalue weighted by atomic mass is 32.1. The number of allylic oxidation sites excluding steroid dienone is 1. The van der Waals surface area contributed by atoms with Crippen LogP contribution in [0.1, 0.15) is 88.1 Å². The fourth-order valence-corrected chi connectivity index (χ4v) is 7.35. The molecule has 7 nitrogen and oxygen atoms in total. The van der Waals surface area contributed by atoms with E-state index in [0.29, 0.717) is 25.2 Å². The normalized spacial score (nSPS) is 18.4. The predicted octanol–water partition coefficient (Wildman–Crippen LogP) is 5.61. The standard InChI is InChI=1S/C33H48N4O3S/c1-3-24-14-16-29-30(21-24)41-32(35-29)23-26(22-31(39)34-2)33(40)36-28(25-11-6-4-7-12-25)17-15-27(38)13-10-20-37-18-8-5-9-19-37/h10,13-14,16,21,25-26,28H,3-9,11-12,15,17-20,22-23H2,1-2H3,(H,34,39)(H,36,40)/b13-10+/t26-,28+/m0/s1. The summed E-state index contributed by atoms with van der Waals surface area (Å²) in [5.74, 6) is -0.269. The lowest BCUT2D eigenvalue weighted by Gasteiger charge is -2.32. The van der Waals surface area contributed by atoms with Crippen molar-refractivity contribution in [3.8, 4) is 0 Å². The molecule has 2 heterocycles. The number of piperidine rings is 1. The Morgan fingerprint density at radius 2 is 1.85 bits per heavy atom. The number of thiazole rings is 1. The van der Waals surface area contributed by atoms with Crippen LogP contribution in [0, 0.1) is 11.8 Å². The molecule has 1 saturated carbocycles. The number of hydrogen-bond donors (Lipinski definition) is 2. The number of carbonyl (C=O) groups is 3. The van der Waals surface area contributed by atoms with Gasteiger partial charge in [-0.15, -0.1) is 11.3 Å². The number of aryl methyl sites for hydroxylation is 1. The van der Waals surface area contributed by atoms with E-state index in [1.807, 2.05) is 12.1 Å². The van der Waals surface area contributed by atoms with Crippen LogP contribution in [0.4, 0.5) is 0 Å². The first kappa shape index (κ1) is 31.4. The lowest BCUT2D eigenvalue weighted by Crippen LogP contribution is -2.45. The SMILES string of the molecule is CCc1ccc2nc(C[C@H](CC(=O)NC)C(=O)N[C@H](CCC(=O)/C=C/CN3CCCCC3)C3CCCCC3)sc2c1. The molecule has 2 N–H and O–H groups in total. The highest BCUT2D eigenvalue weighted by Gasteiger charge is 2.30. The quantitative estimate of drug-likeness (QED) is 0.284. The summed E-state index contributed by atoms with van der Waals surface area (Å²) in [5, 5.41) is 6.89. The van der Waals surface area contributed by atoms with Crippen LogP contribution in [0.2, 0.25) is 0 Å². The minimum Gasteiger partial charge on any atom is -0.359 e. The van der Waals surface area contributed by atoms with Gasteiger partial charge in [-0.25, -0.2) is 4.98 Å². The van der Waals surface area contributed by atoms with E-state index in [4.69, 9.17) is 4.98 Å². The molecule has 2 atom stereocenters. The molecule has 2 fully saturated rings. The molecular formula is C33H48N4O3S. The van der Waals surface area contributed by atoms with E-state index in [1.165, 1.54) is 31.2 Å². The Balaban J connectivity index is 1.40. The van der Waals surface area contributed by atoms with Crippen molar-refractivity contribution in [3.05, 3.63) is 40.9 Å². The first-order valence-corrected chi connectivity index (χ1v) is 16.6. The van der Waals surface area contributed by atoms with Gasteiger partial charge >= 0.3 is 0 Å². The van der Waals surface area contributed by atoms with E-state index in [-0.39, 0.29) is 30.1 Å². The molecule has 2 aliphatic rings. The summed E-state index contributed by atoms with van der Waals surface area (Å²) < 4.78 is 1.12. The van der Waals surface area contributed by atoms with Crippen LogP contribution in [0.5, 0.6) is 0 Å². The van der Waals surface area contributed by atoms with Gasteiger partial charge < -0.3 is 10.6 Å². The highest BCUT2D eigenvalue weighted by molar-refractivity contribution is 7.18. The van der Waals surface area contributed by atoms with Crippen molar-refractivity contribution >= 4 is 39.2 Å². The topological polar surface area (TPSA) is 91.4 Å². The van der Waals surface area contributed by atoms with Gasteiger partial charge in [0.2, 0.25) is 11.8 Å².